The molecule has 0 saturated carbocycles. The van der Waals surface area contributed by atoms with Gasteiger partial charge in [-0.1, -0.05) is 52.2 Å². The second-order valence-corrected chi connectivity index (χ2v) is 5.57. The van der Waals surface area contributed by atoms with Gasteiger partial charge in [0.25, 0.3) is 0 Å². The van der Waals surface area contributed by atoms with E-state index in [2.05, 4.69) is 39.5 Å². The second kappa shape index (κ2) is 6.99. The summed E-state index contributed by atoms with van der Waals surface area (Å²) in [6.45, 7) is 9.00. The Hall–Kier alpha value is -1.75. The zero-order valence-electron chi connectivity index (χ0n) is 12.2. The van der Waals surface area contributed by atoms with Crippen molar-refractivity contribution >= 4 is 5.97 Å². The maximum absolute atomic E-state index is 11.3. The summed E-state index contributed by atoms with van der Waals surface area (Å²) in [6, 6.07) is 7.97. The summed E-state index contributed by atoms with van der Waals surface area (Å²) in [7, 11) is 0. The molecular weight excluding hydrogens is 236 g/mol. The molecule has 19 heavy (non-hydrogen) atoms. The molecule has 0 aliphatic rings. The Kier molecular flexibility index (Phi) is 5.63. The van der Waals surface area contributed by atoms with E-state index >= 15 is 0 Å². The molecule has 102 valence electrons. The van der Waals surface area contributed by atoms with Crippen LogP contribution in [0.5, 0.6) is 0 Å². The van der Waals surface area contributed by atoms with Crippen LogP contribution in [0.15, 0.2) is 24.3 Å². The van der Waals surface area contributed by atoms with E-state index in [0.717, 1.165) is 18.4 Å². The van der Waals surface area contributed by atoms with Gasteiger partial charge in [-0.25, -0.2) is 4.79 Å². The third kappa shape index (κ3) is 5.61. The number of carbonyl (C=O) groups is 1. The van der Waals surface area contributed by atoms with Crippen LogP contribution in [0.25, 0.3) is 0 Å². The van der Waals surface area contributed by atoms with Gasteiger partial charge < -0.3 is 4.74 Å². The molecule has 0 aliphatic carbocycles. The van der Waals surface area contributed by atoms with Gasteiger partial charge in [-0.15, -0.1) is 0 Å². The van der Waals surface area contributed by atoms with E-state index in [1.165, 1.54) is 5.56 Å². The minimum atomic E-state index is -0.451. The average Bonchev–Trinajstić information content (AvgIpc) is 2.36. The highest BCUT2D eigenvalue weighted by atomic mass is 16.5. The van der Waals surface area contributed by atoms with Crippen LogP contribution >= 0.6 is 0 Å². The fraction of sp³-hybridized carbons (Fsp3) is 0.471. The maximum atomic E-state index is 11.3. The predicted octanol–water partition coefficient (Wildman–Crippen LogP) is 3.68. The van der Waals surface area contributed by atoms with Crippen LogP contribution in [-0.4, -0.2) is 12.6 Å². The molecule has 0 bridgehead atoms. The Morgan fingerprint density at radius 1 is 1.21 bits per heavy atom. The Bertz CT molecular complexity index is 467. The lowest BCUT2D eigenvalue weighted by molar-refractivity contribution is -0.136. The summed E-state index contributed by atoms with van der Waals surface area (Å²) in [6.07, 6.45) is 1.89. The molecule has 0 radical (unpaired) electrons. The van der Waals surface area contributed by atoms with Gasteiger partial charge in [0.05, 0.1) is 6.61 Å². The van der Waals surface area contributed by atoms with Gasteiger partial charge in [-0.05, 0) is 29.5 Å². The molecule has 1 aromatic rings. The van der Waals surface area contributed by atoms with Gasteiger partial charge in [-0.3, -0.25) is 0 Å². The summed E-state index contributed by atoms with van der Waals surface area (Å²) in [5.74, 6) is 4.88. The van der Waals surface area contributed by atoms with E-state index in [0.29, 0.717) is 6.61 Å². The summed E-state index contributed by atoms with van der Waals surface area (Å²) in [5.41, 5.74) is 2.22. The van der Waals surface area contributed by atoms with Crippen LogP contribution in [0.3, 0.4) is 0 Å². The molecule has 0 amide bonds. The van der Waals surface area contributed by atoms with Gasteiger partial charge >= 0.3 is 5.97 Å². The SMILES string of the molecule is CCCCOC(=O)C#Cc1ccc(C(C)(C)C)cc1. The van der Waals surface area contributed by atoms with Crippen molar-refractivity contribution in [1.82, 2.24) is 0 Å². The number of hydrogen-bond donors (Lipinski definition) is 0. The van der Waals surface area contributed by atoms with Crippen molar-refractivity contribution in [2.45, 2.75) is 46.0 Å². The van der Waals surface area contributed by atoms with Crippen LogP contribution in [0, 0.1) is 11.8 Å². The highest BCUT2D eigenvalue weighted by molar-refractivity contribution is 5.89. The normalized spacial score (nSPS) is 10.5. The van der Waals surface area contributed by atoms with Crippen molar-refractivity contribution in [3.8, 4) is 11.8 Å². The van der Waals surface area contributed by atoms with E-state index in [1.807, 2.05) is 24.3 Å². The standard InChI is InChI=1S/C17H22O2/c1-5-6-13-19-16(18)12-9-14-7-10-15(11-8-14)17(2,3)4/h7-8,10-11H,5-6,13H2,1-4H3. The topological polar surface area (TPSA) is 26.3 Å². The summed E-state index contributed by atoms with van der Waals surface area (Å²) < 4.78 is 4.97. The summed E-state index contributed by atoms with van der Waals surface area (Å²) in [5, 5.41) is 0. The van der Waals surface area contributed by atoms with E-state index in [4.69, 9.17) is 4.74 Å². The van der Waals surface area contributed by atoms with Crippen molar-refractivity contribution < 1.29 is 9.53 Å². The average molecular weight is 258 g/mol. The smallest absolute Gasteiger partial charge is 0.384 e. The quantitative estimate of drug-likeness (QED) is 0.469. The van der Waals surface area contributed by atoms with Crippen LogP contribution in [0.2, 0.25) is 0 Å². The van der Waals surface area contributed by atoms with Gasteiger partial charge in [-0.2, -0.15) is 0 Å². The van der Waals surface area contributed by atoms with E-state index in [1.54, 1.807) is 0 Å². The fourth-order valence-electron chi connectivity index (χ4n) is 1.52. The largest absolute Gasteiger partial charge is 0.456 e. The van der Waals surface area contributed by atoms with Crippen molar-refractivity contribution in [1.29, 1.82) is 0 Å². The lowest BCUT2D eigenvalue weighted by atomic mass is 9.87. The lowest BCUT2D eigenvalue weighted by Gasteiger charge is -2.18. The van der Waals surface area contributed by atoms with Crippen LogP contribution in [0.1, 0.15) is 51.7 Å². The monoisotopic (exact) mass is 258 g/mol. The molecule has 0 saturated heterocycles. The summed E-state index contributed by atoms with van der Waals surface area (Å²) in [4.78, 5) is 11.3. The van der Waals surface area contributed by atoms with E-state index in [-0.39, 0.29) is 5.41 Å². The number of benzene rings is 1. The first-order valence-corrected chi connectivity index (χ1v) is 6.73. The minimum Gasteiger partial charge on any atom is -0.456 e. The number of carbonyl (C=O) groups excluding carboxylic acids is 1. The molecule has 0 aromatic heterocycles. The first-order valence-electron chi connectivity index (χ1n) is 6.73. The minimum absolute atomic E-state index is 0.130. The zero-order chi connectivity index (χ0) is 14.3. The Balaban J connectivity index is 2.61. The van der Waals surface area contributed by atoms with Gasteiger partial charge in [0.2, 0.25) is 0 Å². The number of rotatable bonds is 3. The molecule has 0 atom stereocenters. The second-order valence-electron chi connectivity index (χ2n) is 5.57. The molecule has 0 unspecified atom stereocenters. The number of hydrogen-bond acceptors (Lipinski definition) is 2. The van der Waals surface area contributed by atoms with E-state index in [9.17, 15) is 4.79 Å². The molecule has 2 heteroatoms. The number of ether oxygens (including phenoxy) is 1. The zero-order valence-corrected chi connectivity index (χ0v) is 12.2. The molecule has 0 heterocycles. The van der Waals surface area contributed by atoms with Crippen molar-refractivity contribution in [2.24, 2.45) is 0 Å². The molecule has 2 nitrogen and oxygen atoms in total. The maximum Gasteiger partial charge on any atom is 0.384 e. The third-order valence-electron chi connectivity index (χ3n) is 2.79. The van der Waals surface area contributed by atoms with Crippen molar-refractivity contribution in [3.05, 3.63) is 35.4 Å². The van der Waals surface area contributed by atoms with Crippen molar-refractivity contribution in [2.75, 3.05) is 6.61 Å². The van der Waals surface area contributed by atoms with Crippen LogP contribution in [0.4, 0.5) is 0 Å². The van der Waals surface area contributed by atoms with Gasteiger partial charge in [0.15, 0.2) is 0 Å². The predicted molar refractivity (Wildman–Crippen MR) is 77.9 cm³/mol. The Morgan fingerprint density at radius 2 is 1.84 bits per heavy atom. The fourth-order valence-corrected chi connectivity index (χ4v) is 1.52. The number of esters is 1. The lowest BCUT2D eigenvalue weighted by Crippen LogP contribution is -2.10. The van der Waals surface area contributed by atoms with Crippen LogP contribution in [-0.2, 0) is 14.9 Å². The Labute approximate surface area is 116 Å². The molecular formula is C17H22O2. The molecule has 1 aromatic carbocycles. The third-order valence-corrected chi connectivity index (χ3v) is 2.79. The Morgan fingerprint density at radius 3 is 2.37 bits per heavy atom. The number of unbranched alkanes of at least 4 members (excludes halogenated alkanes) is 1. The van der Waals surface area contributed by atoms with Gasteiger partial charge in [0, 0.05) is 11.5 Å². The molecule has 1 rings (SSSR count). The first-order chi connectivity index (χ1) is 8.93. The van der Waals surface area contributed by atoms with E-state index < -0.39 is 5.97 Å². The highest BCUT2D eigenvalue weighted by Crippen LogP contribution is 2.21. The first kappa shape index (κ1) is 15.3. The molecule has 0 aliphatic heterocycles. The van der Waals surface area contributed by atoms with Crippen molar-refractivity contribution in [3.63, 3.8) is 0 Å². The summed E-state index contributed by atoms with van der Waals surface area (Å²) >= 11 is 0. The molecule has 0 N–H and O–H groups in total. The van der Waals surface area contributed by atoms with Crippen LogP contribution < -0.4 is 0 Å². The highest BCUT2D eigenvalue weighted by Gasteiger charge is 2.12. The molecule has 0 spiro atoms. The molecule has 0 fully saturated rings. The van der Waals surface area contributed by atoms with Gasteiger partial charge in [0.1, 0.15) is 0 Å².